The van der Waals surface area contributed by atoms with Gasteiger partial charge in [-0.05, 0) is 20.8 Å². The number of allylic oxidation sites excluding steroid dienone is 1. The van der Waals surface area contributed by atoms with Gasteiger partial charge in [0.25, 0.3) is 0 Å². The molecule has 0 saturated carbocycles. The van der Waals surface area contributed by atoms with Crippen molar-refractivity contribution in [1.82, 2.24) is 0 Å². The molecule has 0 unspecified atom stereocenters. The molecule has 0 amide bonds. The van der Waals surface area contributed by atoms with Gasteiger partial charge in [0.15, 0.2) is 5.79 Å². The Morgan fingerprint density at radius 3 is 2.60 bits per heavy atom. The highest BCUT2D eigenvalue weighted by molar-refractivity contribution is 4.90. The van der Waals surface area contributed by atoms with E-state index in [9.17, 15) is 0 Å². The second-order valence-electron chi connectivity index (χ2n) is 2.89. The summed E-state index contributed by atoms with van der Waals surface area (Å²) in [7, 11) is 0. The third-order valence-electron chi connectivity index (χ3n) is 1.44. The molecule has 0 aromatic carbocycles. The number of ether oxygens (including phenoxy) is 2. The maximum absolute atomic E-state index is 5.48. The molecule has 1 heterocycles. The summed E-state index contributed by atoms with van der Waals surface area (Å²) in [6.45, 7) is 6.51. The van der Waals surface area contributed by atoms with E-state index in [0.29, 0.717) is 6.61 Å². The third-order valence-corrected chi connectivity index (χ3v) is 1.44. The SMILES string of the molecule is C/C=C/[C@@H]1COC(C)(C)O1. The van der Waals surface area contributed by atoms with Gasteiger partial charge in [0.2, 0.25) is 0 Å². The van der Waals surface area contributed by atoms with Crippen LogP contribution in [-0.4, -0.2) is 18.5 Å². The lowest BCUT2D eigenvalue weighted by Gasteiger charge is -2.15. The van der Waals surface area contributed by atoms with Gasteiger partial charge in [0.1, 0.15) is 6.10 Å². The average molecular weight is 142 g/mol. The standard InChI is InChI=1S/C8H14O2/c1-4-5-7-6-9-8(2,3)10-7/h4-5,7H,6H2,1-3H3/b5-4+/t7-/m1/s1. The van der Waals surface area contributed by atoms with E-state index >= 15 is 0 Å². The molecule has 1 fully saturated rings. The van der Waals surface area contributed by atoms with Crippen molar-refractivity contribution in [3.05, 3.63) is 12.2 Å². The summed E-state index contributed by atoms with van der Waals surface area (Å²) in [5.41, 5.74) is 0. The van der Waals surface area contributed by atoms with Crippen LogP contribution in [0.1, 0.15) is 20.8 Å². The lowest BCUT2D eigenvalue weighted by Crippen LogP contribution is -2.20. The van der Waals surface area contributed by atoms with E-state index in [4.69, 9.17) is 9.47 Å². The first-order valence-corrected chi connectivity index (χ1v) is 3.58. The molecule has 10 heavy (non-hydrogen) atoms. The minimum atomic E-state index is -0.385. The van der Waals surface area contributed by atoms with Crippen molar-refractivity contribution in [3.8, 4) is 0 Å². The smallest absolute Gasteiger partial charge is 0.163 e. The fourth-order valence-electron chi connectivity index (χ4n) is 1.02. The van der Waals surface area contributed by atoms with Crippen LogP contribution in [0.5, 0.6) is 0 Å². The maximum Gasteiger partial charge on any atom is 0.163 e. The first-order valence-electron chi connectivity index (χ1n) is 3.58. The molecule has 2 nitrogen and oxygen atoms in total. The summed E-state index contributed by atoms with van der Waals surface area (Å²) >= 11 is 0. The minimum absolute atomic E-state index is 0.153. The first kappa shape index (κ1) is 7.76. The molecule has 58 valence electrons. The normalized spacial score (nSPS) is 31.7. The van der Waals surface area contributed by atoms with Crippen molar-refractivity contribution in [2.45, 2.75) is 32.7 Å². The van der Waals surface area contributed by atoms with Crippen LogP contribution in [-0.2, 0) is 9.47 Å². The molecular weight excluding hydrogens is 128 g/mol. The number of hydrogen-bond acceptors (Lipinski definition) is 2. The van der Waals surface area contributed by atoms with E-state index in [1.165, 1.54) is 0 Å². The van der Waals surface area contributed by atoms with Crippen LogP contribution in [0.2, 0.25) is 0 Å². The highest BCUT2D eigenvalue weighted by Crippen LogP contribution is 2.22. The van der Waals surface area contributed by atoms with Crippen LogP contribution >= 0.6 is 0 Å². The predicted octanol–water partition coefficient (Wildman–Crippen LogP) is 1.71. The van der Waals surface area contributed by atoms with Crippen LogP contribution in [0, 0.1) is 0 Å². The molecule has 1 atom stereocenters. The highest BCUT2D eigenvalue weighted by atomic mass is 16.7. The Labute approximate surface area is 61.8 Å². The van der Waals surface area contributed by atoms with Crippen LogP contribution < -0.4 is 0 Å². The lowest BCUT2D eigenvalue weighted by molar-refractivity contribution is -0.133. The predicted molar refractivity (Wildman–Crippen MR) is 39.7 cm³/mol. The molecule has 1 saturated heterocycles. The molecule has 2 heteroatoms. The molecule has 1 rings (SSSR count). The minimum Gasteiger partial charge on any atom is -0.347 e. The maximum atomic E-state index is 5.48. The van der Waals surface area contributed by atoms with Gasteiger partial charge in [0.05, 0.1) is 6.61 Å². The molecule has 0 aromatic rings. The van der Waals surface area contributed by atoms with Crippen molar-refractivity contribution >= 4 is 0 Å². The zero-order valence-corrected chi connectivity index (χ0v) is 6.76. The quantitative estimate of drug-likeness (QED) is 0.519. The fourth-order valence-corrected chi connectivity index (χ4v) is 1.02. The van der Waals surface area contributed by atoms with Gasteiger partial charge in [-0.15, -0.1) is 0 Å². The molecule has 0 aromatic heterocycles. The van der Waals surface area contributed by atoms with E-state index in [1.54, 1.807) is 0 Å². The molecule has 1 aliphatic rings. The van der Waals surface area contributed by atoms with Crippen LogP contribution in [0.25, 0.3) is 0 Å². The van der Waals surface area contributed by atoms with Crippen LogP contribution in [0.3, 0.4) is 0 Å². The summed E-state index contributed by atoms with van der Waals surface area (Å²) in [5.74, 6) is -0.385. The van der Waals surface area contributed by atoms with Gasteiger partial charge in [-0.1, -0.05) is 12.2 Å². The fraction of sp³-hybridized carbons (Fsp3) is 0.750. The average Bonchev–Trinajstić information content (AvgIpc) is 2.12. The summed E-state index contributed by atoms with van der Waals surface area (Å²) < 4.78 is 10.8. The summed E-state index contributed by atoms with van der Waals surface area (Å²) in [4.78, 5) is 0. The monoisotopic (exact) mass is 142 g/mol. The molecule has 0 N–H and O–H groups in total. The van der Waals surface area contributed by atoms with Crippen LogP contribution in [0.15, 0.2) is 12.2 Å². The van der Waals surface area contributed by atoms with Crippen LogP contribution in [0.4, 0.5) is 0 Å². The second kappa shape index (κ2) is 2.72. The van der Waals surface area contributed by atoms with Crippen molar-refractivity contribution in [1.29, 1.82) is 0 Å². The Morgan fingerprint density at radius 2 is 2.20 bits per heavy atom. The Kier molecular flexibility index (Phi) is 2.11. The summed E-state index contributed by atoms with van der Waals surface area (Å²) in [6, 6.07) is 0. The van der Waals surface area contributed by atoms with E-state index in [-0.39, 0.29) is 11.9 Å². The topological polar surface area (TPSA) is 18.5 Å². The number of hydrogen-bond donors (Lipinski definition) is 0. The third kappa shape index (κ3) is 1.82. The zero-order valence-electron chi connectivity index (χ0n) is 6.76. The molecule has 0 aliphatic carbocycles. The molecule has 0 radical (unpaired) electrons. The van der Waals surface area contributed by atoms with Gasteiger partial charge in [-0.3, -0.25) is 0 Å². The molecule has 0 spiro atoms. The van der Waals surface area contributed by atoms with Crippen molar-refractivity contribution < 1.29 is 9.47 Å². The van der Waals surface area contributed by atoms with Gasteiger partial charge in [0, 0.05) is 0 Å². The van der Waals surface area contributed by atoms with Crippen molar-refractivity contribution in [2.75, 3.05) is 6.61 Å². The van der Waals surface area contributed by atoms with E-state index in [1.807, 2.05) is 32.9 Å². The Hall–Kier alpha value is -0.340. The number of rotatable bonds is 1. The summed E-state index contributed by atoms with van der Waals surface area (Å²) in [6.07, 6.45) is 4.14. The second-order valence-corrected chi connectivity index (χ2v) is 2.89. The van der Waals surface area contributed by atoms with Gasteiger partial charge >= 0.3 is 0 Å². The molecule has 0 bridgehead atoms. The Morgan fingerprint density at radius 1 is 1.50 bits per heavy atom. The van der Waals surface area contributed by atoms with Crippen molar-refractivity contribution in [2.24, 2.45) is 0 Å². The summed E-state index contributed by atoms with van der Waals surface area (Å²) in [5, 5.41) is 0. The lowest BCUT2D eigenvalue weighted by atomic mass is 10.3. The zero-order chi connectivity index (χ0) is 7.61. The Bertz CT molecular complexity index is 138. The largest absolute Gasteiger partial charge is 0.347 e. The van der Waals surface area contributed by atoms with Gasteiger partial charge in [-0.2, -0.15) is 0 Å². The van der Waals surface area contributed by atoms with E-state index in [0.717, 1.165) is 0 Å². The first-order chi connectivity index (χ1) is 4.64. The Balaban J connectivity index is 2.43. The van der Waals surface area contributed by atoms with Gasteiger partial charge < -0.3 is 9.47 Å². The molecular formula is C8H14O2. The van der Waals surface area contributed by atoms with Crippen molar-refractivity contribution in [3.63, 3.8) is 0 Å². The van der Waals surface area contributed by atoms with E-state index in [2.05, 4.69) is 0 Å². The van der Waals surface area contributed by atoms with E-state index < -0.39 is 0 Å². The van der Waals surface area contributed by atoms with Gasteiger partial charge in [-0.25, -0.2) is 0 Å². The highest BCUT2D eigenvalue weighted by Gasteiger charge is 2.30. The molecule has 1 aliphatic heterocycles.